The Morgan fingerprint density at radius 1 is 1.41 bits per heavy atom. The number of carbonyl (C=O) groups is 1. The molecular formula is C11H11N3O2S. The van der Waals surface area contributed by atoms with Crippen LogP contribution in [0.1, 0.15) is 22.2 Å². The fourth-order valence-corrected chi connectivity index (χ4v) is 1.77. The Morgan fingerprint density at radius 3 is 2.82 bits per heavy atom. The van der Waals surface area contributed by atoms with Gasteiger partial charge in [-0.15, -0.1) is 5.10 Å². The van der Waals surface area contributed by atoms with Crippen LogP contribution in [0.3, 0.4) is 0 Å². The second kappa shape index (κ2) is 5.51. The first kappa shape index (κ1) is 11.7. The number of nitrogens with one attached hydrogen (secondary N) is 1. The van der Waals surface area contributed by atoms with Gasteiger partial charge in [-0.1, -0.05) is 34.8 Å². The van der Waals surface area contributed by atoms with Crippen molar-refractivity contribution >= 4 is 17.4 Å². The van der Waals surface area contributed by atoms with E-state index in [2.05, 4.69) is 14.9 Å². The summed E-state index contributed by atoms with van der Waals surface area (Å²) >= 11 is 1.11. The second-order valence-electron chi connectivity index (χ2n) is 3.43. The topological polar surface area (TPSA) is 75.1 Å². The van der Waals surface area contributed by atoms with E-state index < -0.39 is 6.10 Å². The van der Waals surface area contributed by atoms with Gasteiger partial charge in [-0.2, -0.15) is 0 Å². The van der Waals surface area contributed by atoms with E-state index in [1.807, 2.05) is 18.2 Å². The molecule has 2 N–H and O–H groups in total. The van der Waals surface area contributed by atoms with Gasteiger partial charge in [0.05, 0.1) is 6.10 Å². The van der Waals surface area contributed by atoms with Crippen LogP contribution in [-0.2, 0) is 0 Å². The third-order valence-corrected chi connectivity index (χ3v) is 2.74. The van der Waals surface area contributed by atoms with Crippen LogP contribution >= 0.6 is 11.5 Å². The summed E-state index contributed by atoms with van der Waals surface area (Å²) in [7, 11) is 0. The van der Waals surface area contributed by atoms with Crippen molar-refractivity contribution in [2.24, 2.45) is 0 Å². The molecule has 0 spiro atoms. The summed E-state index contributed by atoms with van der Waals surface area (Å²) in [5, 5.41) is 17.6. The fourth-order valence-electron chi connectivity index (χ4n) is 1.34. The van der Waals surface area contributed by atoms with Gasteiger partial charge in [-0.05, 0) is 17.1 Å². The molecule has 1 aromatic heterocycles. The summed E-state index contributed by atoms with van der Waals surface area (Å²) < 4.78 is 3.60. The van der Waals surface area contributed by atoms with Crippen molar-refractivity contribution in [2.75, 3.05) is 6.54 Å². The van der Waals surface area contributed by atoms with Gasteiger partial charge in [-0.25, -0.2) is 0 Å². The molecule has 1 atom stereocenters. The van der Waals surface area contributed by atoms with Gasteiger partial charge in [0.25, 0.3) is 5.91 Å². The Morgan fingerprint density at radius 2 is 2.18 bits per heavy atom. The maximum atomic E-state index is 11.5. The molecule has 1 amide bonds. The minimum atomic E-state index is -0.716. The number of amides is 1. The SMILES string of the molecule is O=C(NCC(O)c1ccccc1)c1csnn1. The zero-order valence-electron chi connectivity index (χ0n) is 8.91. The maximum Gasteiger partial charge on any atom is 0.272 e. The molecule has 0 saturated heterocycles. The smallest absolute Gasteiger partial charge is 0.272 e. The number of rotatable bonds is 4. The predicted molar refractivity (Wildman–Crippen MR) is 63.6 cm³/mol. The molecule has 1 aromatic carbocycles. The molecule has 0 fully saturated rings. The third-order valence-electron chi connectivity index (χ3n) is 2.23. The minimum Gasteiger partial charge on any atom is -0.387 e. The van der Waals surface area contributed by atoms with Crippen molar-refractivity contribution in [3.8, 4) is 0 Å². The highest BCUT2D eigenvalue weighted by Gasteiger charge is 2.12. The molecule has 6 heteroatoms. The summed E-state index contributed by atoms with van der Waals surface area (Å²) in [5.41, 5.74) is 1.04. The molecule has 2 rings (SSSR count). The summed E-state index contributed by atoms with van der Waals surface area (Å²) in [6.07, 6.45) is -0.716. The predicted octanol–water partition coefficient (Wildman–Crippen LogP) is 1.00. The van der Waals surface area contributed by atoms with E-state index in [9.17, 15) is 9.90 Å². The van der Waals surface area contributed by atoms with Gasteiger partial charge in [-0.3, -0.25) is 4.79 Å². The number of hydrogen-bond donors (Lipinski definition) is 2. The average molecular weight is 249 g/mol. The summed E-state index contributed by atoms with van der Waals surface area (Å²) in [6.45, 7) is 0.153. The Balaban J connectivity index is 1.89. The Kier molecular flexibility index (Phi) is 3.79. The van der Waals surface area contributed by atoms with E-state index in [1.54, 1.807) is 17.5 Å². The van der Waals surface area contributed by atoms with Crippen molar-refractivity contribution < 1.29 is 9.90 Å². The van der Waals surface area contributed by atoms with Crippen LogP contribution in [-0.4, -0.2) is 27.1 Å². The second-order valence-corrected chi connectivity index (χ2v) is 4.04. The highest BCUT2D eigenvalue weighted by Crippen LogP contribution is 2.10. The largest absolute Gasteiger partial charge is 0.387 e. The zero-order chi connectivity index (χ0) is 12.1. The van der Waals surface area contributed by atoms with E-state index in [0.29, 0.717) is 0 Å². The number of benzene rings is 1. The zero-order valence-corrected chi connectivity index (χ0v) is 9.72. The molecule has 5 nitrogen and oxygen atoms in total. The molecule has 0 aliphatic heterocycles. The maximum absolute atomic E-state index is 11.5. The normalized spacial score (nSPS) is 12.1. The third kappa shape index (κ3) is 3.08. The lowest BCUT2D eigenvalue weighted by Crippen LogP contribution is -2.28. The number of nitrogens with zero attached hydrogens (tertiary/aromatic N) is 2. The van der Waals surface area contributed by atoms with E-state index in [4.69, 9.17) is 0 Å². The number of aromatic nitrogens is 2. The van der Waals surface area contributed by atoms with Crippen molar-refractivity contribution in [3.05, 3.63) is 47.0 Å². The van der Waals surface area contributed by atoms with E-state index >= 15 is 0 Å². The number of aliphatic hydroxyl groups excluding tert-OH is 1. The molecule has 88 valence electrons. The van der Waals surface area contributed by atoms with Crippen LogP contribution in [0.4, 0.5) is 0 Å². The molecule has 1 unspecified atom stereocenters. The van der Waals surface area contributed by atoms with Crippen LogP contribution < -0.4 is 5.32 Å². The Hall–Kier alpha value is -1.79. The average Bonchev–Trinajstić information content (AvgIpc) is 2.90. The molecule has 0 aliphatic carbocycles. The highest BCUT2D eigenvalue weighted by molar-refractivity contribution is 7.03. The molecule has 0 aliphatic rings. The Bertz CT molecular complexity index is 473. The first-order valence-electron chi connectivity index (χ1n) is 5.05. The molecule has 2 aromatic rings. The van der Waals surface area contributed by atoms with Crippen molar-refractivity contribution in [1.29, 1.82) is 0 Å². The molecule has 0 radical (unpaired) electrons. The standard InChI is InChI=1S/C11H11N3O2S/c15-10(8-4-2-1-3-5-8)6-12-11(16)9-7-17-14-13-9/h1-5,7,10,15H,6H2,(H,12,16). The van der Waals surface area contributed by atoms with Gasteiger partial charge >= 0.3 is 0 Å². The van der Waals surface area contributed by atoms with Crippen LogP contribution in [0.25, 0.3) is 0 Å². The van der Waals surface area contributed by atoms with Gasteiger partial charge in [0, 0.05) is 11.9 Å². The minimum absolute atomic E-state index is 0.153. The lowest BCUT2D eigenvalue weighted by molar-refractivity contribution is 0.0911. The fraction of sp³-hybridized carbons (Fsp3) is 0.182. The molecule has 0 bridgehead atoms. The first-order chi connectivity index (χ1) is 8.27. The van der Waals surface area contributed by atoms with Gasteiger partial charge in [0.2, 0.25) is 0 Å². The van der Waals surface area contributed by atoms with E-state index in [0.717, 1.165) is 17.1 Å². The number of carbonyl (C=O) groups excluding carboxylic acids is 1. The Labute approximate surface area is 102 Å². The molecule has 1 heterocycles. The molecular weight excluding hydrogens is 238 g/mol. The number of hydrogen-bond acceptors (Lipinski definition) is 5. The van der Waals surface area contributed by atoms with E-state index in [1.165, 1.54) is 0 Å². The monoisotopic (exact) mass is 249 g/mol. The van der Waals surface area contributed by atoms with Crippen molar-refractivity contribution in [2.45, 2.75) is 6.10 Å². The van der Waals surface area contributed by atoms with E-state index in [-0.39, 0.29) is 18.1 Å². The van der Waals surface area contributed by atoms with Gasteiger partial charge in [0.1, 0.15) is 0 Å². The van der Waals surface area contributed by atoms with Gasteiger partial charge in [0.15, 0.2) is 5.69 Å². The van der Waals surface area contributed by atoms with Crippen LogP contribution in [0.2, 0.25) is 0 Å². The number of aliphatic hydroxyl groups is 1. The summed E-state index contributed by atoms with van der Waals surface area (Å²) in [5.74, 6) is -0.325. The highest BCUT2D eigenvalue weighted by atomic mass is 32.1. The van der Waals surface area contributed by atoms with Crippen LogP contribution in [0.15, 0.2) is 35.7 Å². The first-order valence-corrected chi connectivity index (χ1v) is 5.89. The van der Waals surface area contributed by atoms with Crippen molar-refractivity contribution in [1.82, 2.24) is 14.9 Å². The lowest BCUT2D eigenvalue weighted by atomic mass is 10.1. The lowest BCUT2D eigenvalue weighted by Gasteiger charge is -2.11. The summed E-state index contributed by atoms with van der Waals surface area (Å²) in [6, 6.07) is 9.16. The van der Waals surface area contributed by atoms with Crippen LogP contribution in [0.5, 0.6) is 0 Å². The van der Waals surface area contributed by atoms with Gasteiger partial charge < -0.3 is 10.4 Å². The molecule has 17 heavy (non-hydrogen) atoms. The summed E-state index contributed by atoms with van der Waals surface area (Å²) in [4.78, 5) is 11.5. The van der Waals surface area contributed by atoms with Crippen molar-refractivity contribution in [3.63, 3.8) is 0 Å². The van der Waals surface area contributed by atoms with Crippen LogP contribution in [0, 0.1) is 0 Å². The molecule has 0 saturated carbocycles. The quantitative estimate of drug-likeness (QED) is 0.847.